The lowest BCUT2D eigenvalue weighted by Gasteiger charge is -2.37. The highest BCUT2D eigenvalue weighted by Gasteiger charge is 2.38. The maximum Gasteiger partial charge on any atom is 0.416 e. The van der Waals surface area contributed by atoms with Gasteiger partial charge < -0.3 is 9.16 Å². The largest absolute Gasteiger partial charge is 0.482 e. The van der Waals surface area contributed by atoms with Gasteiger partial charge in [0.15, 0.2) is 20.2 Å². The molecule has 3 rings (SSSR count). The number of alkyl halides is 3. The van der Waals surface area contributed by atoms with Gasteiger partial charge in [-0.2, -0.15) is 13.2 Å². The van der Waals surface area contributed by atoms with Crippen molar-refractivity contribution in [1.29, 1.82) is 0 Å². The zero-order valence-electron chi connectivity index (χ0n) is 24.6. The standard InChI is InChI=1S/C31H38F3NO5Si/c1-8-10-29(36)40-39-27-18-17-24(19-21(27)2)38-28(20-37-41(6,7)30(3,4)5)26-12-9-11-25(35-26)22-13-15-23(16-14-22)31(32,33)34/h9,11-19,28H,8,10,20H2,1-7H3. The zero-order valence-corrected chi connectivity index (χ0v) is 25.6. The minimum atomic E-state index is -4.41. The van der Waals surface area contributed by atoms with Crippen LogP contribution in [0.25, 0.3) is 11.3 Å². The number of halogens is 3. The molecule has 0 fully saturated rings. The van der Waals surface area contributed by atoms with Crippen LogP contribution in [-0.2, 0) is 20.3 Å². The SMILES string of the molecule is CCCC(=O)OOc1ccc(OC(CO[Si](C)(C)C(C)(C)C)c2cccc(-c3ccc(C(F)(F)F)cc3)n2)cc1C. The Bertz CT molecular complexity index is 1320. The predicted octanol–water partition coefficient (Wildman–Crippen LogP) is 8.85. The first-order valence-electron chi connectivity index (χ1n) is 13.5. The van der Waals surface area contributed by atoms with E-state index >= 15 is 0 Å². The monoisotopic (exact) mass is 589 g/mol. The van der Waals surface area contributed by atoms with Gasteiger partial charge >= 0.3 is 12.1 Å². The Balaban J connectivity index is 1.89. The van der Waals surface area contributed by atoms with Gasteiger partial charge in [-0.25, -0.2) is 9.78 Å². The van der Waals surface area contributed by atoms with Gasteiger partial charge in [0.1, 0.15) is 5.75 Å². The number of pyridine rings is 1. The van der Waals surface area contributed by atoms with Gasteiger partial charge in [-0.3, -0.25) is 9.78 Å². The van der Waals surface area contributed by atoms with Crippen LogP contribution in [0.15, 0.2) is 60.7 Å². The molecule has 1 aromatic heterocycles. The first-order valence-corrected chi connectivity index (χ1v) is 16.4. The van der Waals surface area contributed by atoms with Gasteiger partial charge in [0.25, 0.3) is 0 Å². The molecule has 0 radical (unpaired) electrons. The Labute approximate surface area is 240 Å². The van der Waals surface area contributed by atoms with E-state index < -0.39 is 32.1 Å². The van der Waals surface area contributed by atoms with Crippen molar-refractivity contribution in [3.63, 3.8) is 0 Å². The fourth-order valence-corrected chi connectivity index (χ4v) is 4.59. The smallest absolute Gasteiger partial charge is 0.416 e. The van der Waals surface area contributed by atoms with Crippen molar-refractivity contribution in [1.82, 2.24) is 4.98 Å². The Morgan fingerprint density at radius 1 is 1.00 bits per heavy atom. The van der Waals surface area contributed by atoms with E-state index in [0.717, 1.165) is 12.1 Å². The van der Waals surface area contributed by atoms with Crippen LogP contribution in [0.1, 0.15) is 63.5 Å². The molecule has 10 heteroatoms. The van der Waals surface area contributed by atoms with Crippen molar-refractivity contribution in [2.45, 2.75) is 77.9 Å². The van der Waals surface area contributed by atoms with Crippen molar-refractivity contribution in [2.24, 2.45) is 0 Å². The third kappa shape index (κ3) is 8.80. The molecular weight excluding hydrogens is 551 g/mol. The average Bonchev–Trinajstić information content (AvgIpc) is 2.89. The van der Waals surface area contributed by atoms with Crippen LogP contribution in [0.5, 0.6) is 11.5 Å². The van der Waals surface area contributed by atoms with Crippen molar-refractivity contribution in [3.05, 3.63) is 77.5 Å². The summed E-state index contributed by atoms with van der Waals surface area (Å²) in [4.78, 5) is 26.5. The molecule has 3 aromatic rings. The van der Waals surface area contributed by atoms with Gasteiger partial charge in [0.05, 0.1) is 23.6 Å². The molecule has 0 N–H and O–H groups in total. The molecule has 41 heavy (non-hydrogen) atoms. The van der Waals surface area contributed by atoms with E-state index in [4.69, 9.17) is 23.9 Å². The molecule has 1 atom stereocenters. The molecule has 1 unspecified atom stereocenters. The second kappa shape index (κ2) is 13.1. The minimum Gasteiger partial charge on any atom is -0.482 e. The molecule has 2 aromatic carbocycles. The molecule has 1 heterocycles. The van der Waals surface area contributed by atoms with Gasteiger partial charge in [0, 0.05) is 17.5 Å². The normalized spacial score (nSPS) is 13.0. The van der Waals surface area contributed by atoms with E-state index in [-0.39, 0.29) is 18.1 Å². The number of benzene rings is 2. The van der Waals surface area contributed by atoms with Crippen LogP contribution < -0.4 is 9.62 Å². The van der Waals surface area contributed by atoms with Crippen molar-refractivity contribution in [3.8, 4) is 22.8 Å². The number of nitrogens with zero attached hydrogens (tertiary/aromatic N) is 1. The van der Waals surface area contributed by atoms with E-state index in [0.29, 0.717) is 40.4 Å². The predicted molar refractivity (Wildman–Crippen MR) is 154 cm³/mol. The summed E-state index contributed by atoms with van der Waals surface area (Å²) < 4.78 is 52.0. The third-order valence-electron chi connectivity index (χ3n) is 7.11. The van der Waals surface area contributed by atoms with Crippen molar-refractivity contribution < 1.29 is 36.9 Å². The lowest BCUT2D eigenvalue weighted by molar-refractivity contribution is -0.214. The Hall–Kier alpha value is -3.37. The number of hydrogen-bond donors (Lipinski definition) is 0. The maximum atomic E-state index is 13.1. The summed E-state index contributed by atoms with van der Waals surface area (Å²) in [6.45, 7) is 14.6. The molecule has 6 nitrogen and oxygen atoms in total. The van der Waals surface area contributed by atoms with Crippen LogP contribution in [0, 0.1) is 6.92 Å². The highest BCUT2D eigenvalue weighted by molar-refractivity contribution is 6.74. The first kappa shape index (κ1) is 32.1. The number of carbonyl (C=O) groups is 1. The molecule has 0 amide bonds. The van der Waals surface area contributed by atoms with Crippen LogP contribution in [0.4, 0.5) is 13.2 Å². The average molecular weight is 590 g/mol. The number of hydrogen-bond acceptors (Lipinski definition) is 6. The topological polar surface area (TPSA) is 66.9 Å². The lowest BCUT2D eigenvalue weighted by atomic mass is 10.1. The molecule has 222 valence electrons. The number of aryl methyl sites for hydroxylation is 1. The second-order valence-electron chi connectivity index (χ2n) is 11.4. The van der Waals surface area contributed by atoms with E-state index in [1.165, 1.54) is 12.1 Å². The molecule has 0 aliphatic heterocycles. The second-order valence-corrected chi connectivity index (χ2v) is 16.2. The van der Waals surface area contributed by atoms with Gasteiger partial charge in [-0.1, -0.05) is 45.9 Å². The summed E-state index contributed by atoms with van der Waals surface area (Å²) in [7, 11) is -2.15. The number of carbonyl (C=O) groups excluding carboxylic acids is 1. The first-order chi connectivity index (χ1) is 19.1. The van der Waals surface area contributed by atoms with Gasteiger partial charge in [-0.15, -0.1) is 0 Å². The van der Waals surface area contributed by atoms with Gasteiger partial charge in [-0.05, 0) is 73.9 Å². The van der Waals surface area contributed by atoms with E-state index in [1.54, 1.807) is 37.3 Å². The molecular formula is C31H38F3NO5Si. The van der Waals surface area contributed by atoms with Crippen molar-refractivity contribution in [2.75, 3.05) is 6.61 Å². The highest BCUT2D eigenvalue weighted by atomic mass is 28.4. The minimum absolute atomic E-state index is 0.0299. The zero-order chi connectivity index (χ0) is 30.4. The summed E-state index contributed by atoms with van der Waals surface area (Å²) in [5.41, 5.74) is 1.63. The van der Waals surface area contributed by atoms with E-state index in [2.05, 4.69) is 33.9 Å². The van der Waals surface area contributed by atoms with Crippen molar-refractivity contribution >= 4 is 14.3 Å². The Kier molecular flexibility index (Phi) is 10.3. The summed E-state index contributed by atoms with van der Waals surface area (Å²) in [5.74, 6) is 0.465. The van der Waals surface area contributed by atoms with Gasteiger partial charge in [0.2, 0.25) is 0 Å². The summed E-state index contributed by atoms with van der Waals surface area (Å²) in [6, 6.07) is 15.4. The van der Waals surface area contributed by atoms with E-state index in [1.807, 2.05) is 13.0 Å². The summed E-state index contributed by atoms with van der Waals surface area (Å²) in [5, 5.41) is -0.0299. The summed E-state index contributed by atoms with van der Waals surface area (Å²) in [6.07, 6.45) is -4.11. The third-order valence-corrected chi connectivity index (χ3v) is 11.6. The number of rotatable bonds is 11. The fraction of sp³-hybridized carbons (Fsp3) is 0.419. The molecule has 0 aliphatic rings. The molecule has 0 bridgehead atoms. The maximum absolute atomic E-state index is 13.1. The van der Waals surface area contributed by atoms with Crippen LogP contribution in [0.2, 0.25) is 18.1 Å². The van der Waals surface area contributed by atoms with Crippen LogP contribution in [0.3, 0.4) is 0 Å². The summed E-state index contributed by atoms with van der Waals surface area (Å²) >= 11 is 0. The number of aromatic nitrogens is 1. The lowest BCUT2D eigenvalue weighted by Crippen LogP contribution is -2.42. The fourth-order valence-electron chi connectivity index (χ4n) is 3.59. The van der Waals surface area contributed by atoms with Crippen LogP contribution in [-0.4, -0.2) is 25.9 Å². The quantitative estimate of drug-likeness (QED) is 0.126. The van der Waals surface area contributed by atoms with E-state index in [9.17, 15) is 18.0 Å². The Morgan fingerprint density at radius 2 is 1.68 bits per heavy atom. The Morgan fingerprint density at radius 3 is 2.27 bits per heavy atom. The molecule has 0 saturated carbocycles. The van der Waals surface area contributed by atoms with Crippen LogP contribution >= 0.6 is 0 Å². The highest BCUT2D eigenvalue weighted by Crippen LogP contribution is 2.38. The molecule has 0 aliphatic carbocycles. The molecule has 0 saturated heterocycles. The molecule has 0 spiro atoms. The number of ether oxygens (including phenoxy) is 1.